The van der Waals surface area contributed by atoms with Crippen molar-refractivity contribution < 1.29 is 0 Å². The van der Waals surface area contributed by atoms with Gasteiger partial charge < -0.3 is 0 Å². The summed E-state index contributed by atoms with van der Waals surface area (Å²) in [6, 6.07) is 9.89. The van der Waals surface area contributed by atoms with Gasteiger partial charge in [-0.3, -0.25) is 4.00 Å². The van der Waals surface area contributed by atoms with Gasteiger partial charge in [0.1, 0.15) is 8.96 Å². The average molecular weight is 232 g/mol. The molecule has 0 bridgehead atoms. The zero-order chi connectivity index (χ0) is 9.84. The molecule has 13 heavy (non-hydrogen) atoms. The van der Waals surface area contributed by atoms with E-state index in [0.29, 0.717) is 0 Å². The maximum atomic E-state index is 6.18. The van der Waals surface area contributed by atoms with Gasteiger partial charge in [-0.2, -0.15) is 11.5 Å². The Morgan fingerprint density at radius 1 is 1.23 bits per heavy atom. The molecular formula is C8H12BCl2NSi. The highest BCUT2D eigenvalue weighted by atomic mass is 35.5. The van der Waals surface area contributed by atoms with Crippen LogP contribution in [0.15, 0.2) is 30.3 Å². The fraction of sp³-hybridized carbons (Fsp3) is 0.250. The quantitative estimate of drug-likeness (QED) is 0.569. The standard InChI is InChI=1S/C8H12BCl2NSi/c1-13(2)12(11)9(10)8-6-4-3-5-7-8/h3-7,13H,1-2H3. The Morgan fingerprint density at radius 2 is 1.77 bits per heavy atom. The summed E-state index contributed by atoms with van der Waals surface area (Å²) in [5.74, 6) is 0. The summed E-state index contributed by atoms with van der Waals surface area (Å²) >= 11 is 12.2. The Kier molecular flexibility index (Phi) is 4.32. The van der Waals surface area contributed by atoms with Crippen molar-refractivity contribution in [3.05, 3.63) is 30.3 Å². The van der Waals surface area contributed by atoms with Gasteiger partial charge in [0.25, 0.3) is 0 Å². The van der Waals surface area contributed by atoms with Crippen molar-refractivity contribution in [2.24, 2.45) is 0 Å². The number of halogens is 2. The fourth-order valence-electron chi connectivity index (χ4n) is 1.02. The van der Waals surface area contributed by atoms with Gasteiger partial charge >= 0.3 is 6.26 Å². The van der Waals surface area contributed by atoms with E-state index >= 15 is 0 Å². The van der Waals surface area contributed by atoms with Crippen LogP contribution in [-0.4, -0.2) is 19.2 Å². The van der Waals surface area contributed by atoms with Crippen LogP contribution in [0.3, 0.4) is 0 Å². The fourth-order valence-corrected chi connectivity index (χ4v) is 2.65. The second kappa shape index (κ2) is 5.06. The van der Waals surface area contributed by atoms with Crippen molar-refractivity contribution in [2.75, 3.05) is 0 Å². The Morgan fingerprint density at radius 3 is 2.23 bits per heavy atom. The molecule has 0 radical (unpaired) electrons. The molecule has 5 heteroatoms. The lowest BCUT2D eigenvalue weighted by Gasteiger charge is -2.20. The van der Waals surface area contributed by atoms with Crippen LogP contribution in [0.25, 0.3) is 0 Å². The molecule has 0 saturated heterocycles. The van der Waals surface area contributed by atoms with Crippen molar-refractivity contribution >= 4 is 43.9 Å². The van der Waals surface area contributed by atoms with Crippen LogP contribution in [0, 0.1) is 0 Å². The van der Waals surface area contributed by atoms with Gasteiger partial charge in [0, 0.05) is 0 Å². The molecule has 0 N–H and O–H groups in total. The number of hydrogen-bond acceptors (Lipinski definition) is 1. The molecule has 0 amide bonds. The van der Waals surface area contributed by atoms with Crippen LogP contribution in [0.2, 0.25) is 13.1 Å². The van der Waals surface area contributed by atoms with Gasteiger partial charge in [-0.05, 0) is 17.2 Å². The van der Waals surface area contributed by atoms with Crippen LogP contribution >= 0.6 is 23.2 Å². The Balaban J connectivity index is 2.73. The van der Waals surface area contributed by atoms with E-state index in [1.807, 2.05) is 30.3 Å². The summed E-state index contributed by atoms with van der Waals surface area (Å²) in [5, 5.41) is 0. The lowest BCUT2D eigenvalue weighted by molar-refractivity contribution is 1.09. The normalized spacial score (nSPS) is 10.9. The van der Waals surface area contributed by atoms with Gasteiger partial charge in [0.2, 0.25) is 0 Å². The minimum atomic E-state index is -1.03. The van der Waals surface area contributed by atoms with Crippen LogP contribution < -0.4 is 5.46 Å². The first kappa shape index (κ1) is 11.1. The molecule has 0 unspecified atom stereocenters. The van der Waals surface area contributed by atoms with E-state index < -0.39 is 8.96 Å². The van der Waals surface area contributed by atoms with Gasteiger partial charge in [-0.15, -0.1) is 0 Å². The minimum Gasteiger partial charge on any atom is -0.264 e. The van der Waals surface area contributed by atoms with E-state index in [9.17, 15) is 0 Å². The molecule has 0 aliphatic heterocycles. The zero-order valence-electron chi connectivity index (χ0n) is 7.74. The van der Waals surface area contributed by atoms with Crippen LogP contribution in [-0.2, 0) is 0 Å². The largest absolute Gasteiger partial charge is 0.371 e. The van der Waals surface area contributed by atoms with Gasteiger partial charge in [0.05, 0.1) is 0 Å². The SMILES string of the molecule is C[SiH](C)N(Cl)B(Cl)c1ccccc1. The predicted molar refractivity (Wildman–Crippen MR) is 64.3 cm³/mol. The third kappa shape index (κ3) is 3.02. The molecule has 0 spiro atoms. The number of nitrogens with zero attached hydrogens (tertiary/aromatic N) is 1. The van der Waals surface area contributed by atoms with Crippen molar-refractivity contribution in [2.45, 2.75) is 13.1 Å². The smallest absolute Gasteiger partial charge is 0.264 e. The molecule has 0 atom stereocenters. The lowest BCUT2D eigenvalue weighted by atomic mass is 9.83. The van der Waals surface area contributed by atoms with Gasteiger partial charge in [-0.1, -0.05) is 43.4 Å². The van der Waals surface area contributed by atoms with Crippen molar-refractivity contribution in [3.63, 3.8) is 0 Å². The summed E-state index contributed by atoms with van der Waals surface area (Å²) in [4.78, 5) is 0. The maximum Gasteiger partial charge on any atom is 0.371 e. The molecule has 1 rings (SSSR count). The number of hydrogen-bond donors (Lipinski definition) is 0. The molecule has 0 aliphatic rings. The first-order chi connectivity index (χ1) is 6.13. The average Bonchev–Trinajstić information content (AvgIpc) is 2.17. The first-order valence-electron chi connectivity index (χ1n) is 4.26. The molecule has 0 aromatic heterocycles. The molecule has 1 aromatic carbocycles. The van der Waals surface area contributed by atoms with Gasteiger partial charge in [0.15, 0.2) is 0 Å². The van der Waals surface area contributed by atoms with E-state index in [-0.39, 0.29) is 6.26 Å². The lowest BCUT2D eigenvalue weighted by Crippen LogP contribution is -2.44. The molecule has 0 saturated carbocycles. The highest BCUT2D eigenvalue weighted by molar-refractivity contribution is 7.17. The second-order valence-corrected chi connectivity index (χ2v) is 7.06. The van der Waals surface area contributed by atoms with E-state index in [1.165, 1.54) is 0 Å². The molecule has 1 nitrogen and oxygen atoms in total. The third-order valence-corrected chi connectivity index (χ3v) is 5.19. The summed E-state index contributed by atoms with van der Waals surface area (Å²) < 4.78 is 1.75. The summed E-state index contributed by atoms with van der Waals surface area (Å²) in [6.07, 6.45) is -0.200. The number of benzene rings is 1. The second-order valence-electron chi connectivity index (χ2n) is 3.18. The monoisotopic (exact) mass is 231 g/mol. The van der Waals surface area contributed by atoms with E-state index in [4.69, 9.17) is 23.2 Å². The van der Waals surface area contributed by atoms with Crippen molar-refractivity contribution in [3.8, 4) is 0 Å². The maximum absolute atomic E-state index is 6.18. The Bertz CT molecular complexity index is 258. The predicted octanol–water partition coefficient (Wildman–Crippen LogP) is 2.06. The highest BCUT2D eigenvalue weighted by Gasteiger charge is 2.23. The molecule has 0 fully saturated rings. The van der Waals surface area contributed by atoms with E-state index in [1.54, 1.807) is 4.00 Å². The van der Waals surface area contributed by atoms with Crippen LogP contribution in [0.1, 0.15) is 0 Å². The minimum absolute atomic E-state index is 0.200. The van der Waals surface area contributed by atoms with Gasteiger partial charge in [-0.25, -0.2) is 0 Å². The number of rotatable bonds is 3. The third-order valence-electron chi connectivity index (χ3n) is 1.78. The topological polar surface area (TPSA) is 3.24 Å². The van der Waals surface area contributed by atoms with Crippen molar-refractivity contribution in [1.82, 2.24) is 4.00 Å². The summed E-state index contributed by atoms with van der Waals surface area (Å²) in [5.41, 5.74) is 1.06. The summed E-state index contributed by atoms with van der Waals surface area (Å²) in [6.45, 7) is 4.29. The van der Waals surface area contributed by atoms with Crippen LogP contribution in [0.4, 0.5) is 0 Å². The molecule has 0 aliphatic carbocycles. The van der Waals surface area contributed by atoms with E-state index in [2.05, 4.69) is 13.1 Å². The highest BCUT2D eigenvalue weighted by Crippen LogP contribution is 2.07. The van der Waals surface area contributed by atoms with Crippen molar-refractivity contribution in [1.29, 1.82) is 0 Å². The summed E-state index contributed by atoms with van der Waals surface area (Å²) in [7, 11) is -1.03. The van der Waals surface area contributed by atoms with Crippen LogP contribution in [0.5, 0.6) is 0 Å². The molecule has 70 valence electrons. The zero-order valence-corrected chi connectivity index (χ0v) is 10.4. The molecule has 0 heterocycles. The first-order valence-corrected chi connectivity index (χ1v) is 7.86. The Labute approximate surface area is 91.5 Å². The molecular weight excluding hydrogens is 220 g/mol. The molecule has 1 aromatic rings. The Hall–Kier alpha value is 0.0418. The van der Waals surface area contributed by atoms with E-state index in [0.717, 1.165) is 5.46 Å².